The fraction of sp³-hybridized carbons (Fsp3) is 0.250. The molecule has 1 fully saturated rings. The first-order chi connectivity index (χ1) is 16.5. The molecular weight excluding hydrogens is 482 g/mol. The third kappa shape index (κ3) is 5.30. The number of carbonyl (C=O) groups excluding carboxylic acids is 1. The Morgan fingerprint density at radius 2 is 1.71 bits per heavy atom. The van der Waals surface area contributed by atoms with Crippen LogP contribution in [0.1, 0.15) is 42.1 Å². The van der Waals surface area contributed by atoms with Gasteiger partial charge in [-0.05, 0) is 98.6 Å². The minimum atomic E-state index is -0.0893. The lowest BCUT2D eigenvalue weighted by Gasteiger charge is -2.29. The van der Waals surface area contributed by atoms with Gasteiger partial charge in [-0.15, -0.1) is 23.7 Å². The molecule has 0 spiro atoms. The van der Waals surface area contributed by atoms with E-state index in [1.165, 1.54) is 24.2 Å². The van der Waals surface area contributed by atoms with Crippen LogP contribution in [-0.4, -0.2) is 34.7 Å². The molecule has 1 aromatic heterocycles. The summed E-state index contributed by atoms with van der Waals surface area (Å²) < 4.78 is 6.98. The molecule has 0 radical (unpaired) electrons. The van der Waals surface area contributed by atoms with Crippen LogP contribution in [0.25, 0.3) is 20.5 Å². The minimum absolute atomic E-state index is 0. The quantitative estimate of drug-likeness (QED) is 0.257. The van der Waals surface area contributed by atoms with Crippen molar-refractivity contribution in [2.24, 2.45) is 0 Å². The van der Waals surface area contributed by atoms with E-state index in [0.717, 1.165) is 39.2 Å². The Kier molecular flexibility index (Phi) is 7.65. The maximum atomic E-state index is 13.7. The van der Waals surface area contributed by atoms with Crippen LogP contribution < -0.4 is 10.1 Å². The van der Waals surface area contributed by atoms with Gasteiger partial charge in [-0.1, -0.05) is 6.42 Å². The summed E-state index contributed by atoms with van der Waals surface area (Å²) in [4.78, 5) is 14.5. The van der Waals surface area contributed by atoms with Crippen molar-refractivity contribution in [3.63, 3.8) is 0 Å². The third-order valence-corrected chi connectivity index (χ3v) is 7.59. The second-order valence-corrected chi connectivity index (χ2v) is 9.82. The van der Waals surface area contributed by atoms with Gasteiger partial charge in [0.15, 0.2) is 5.78 Å². The minimum Gasteiger partial charge on any atom is -0.508 e. The number of ether oxygens (including phenoxy) is 1. The number of nitrogens with one attached hydrogen (secondary N) is 1. The van der Waals surface area contributed by atoms with Crippen LogP contribution in [0.3, 0.4) is 0 Å². The van der Waals surface area contributed by atoms with Crippen molar-refractivity contribution in [2.75, 3.05) is 6.54 Å². The van der Waals surface area contributed by atoms with Gasteiger partial charge in [0.25, 0.3) is 0 Å². The van der Waals surface area contributed by atoms with Crippen molar-refractivity contribution in [2.45, 2.75) is 38.3 Å². The van der Waals surface area contributed by atoms with E-state index in [1.54, 1.807) is 42.5 Å². The molecule has 3 aromatic carbocycles. The Labute approximate surface area is 214 Å². The molecule has 2 unspecified atom stereocenters. The van der Waals surface area contributed by atoms with E-state index in [2.05, 4.69) is 12.2 Å². The van der Waals surface area contributed by atoms with Crippen LogP contribution in [0.2, 0.25) is 0 Å². The second kappa shape index (κ2) is 10.7. The van der Waals surface area contributed by atoms with E-state index in [9.17, 15) is 15.0 Å². The van der Waals surface area contributed by atoms with Crippen molar-refractivity contribution in [3.8, 4) is 27.7 Å². The Morgan fingerprint density at radius 1 is 1.00 bits per heavy atom. The molecule has 0 saturated carbocycles. The number of hydrogen-bond acceptors (Lipinski definition) is 6. The van der Waals surface area contributed by atoms with Crippen molar-refractivity contribution in [1.82, 2.24) is 5.32 Å². The van der Waals surface area contributed by atoms with Crippen LogP contribution in [0.4, 0.5) is 0 Å². The summed E-state index contributed by atoms with van der Waals surface area (Å²) in [7, 11) is 0. The smallest absolute Gasteiger partial charge is 0.195 e. The molecule has 3 N–H and O–H groups in total. The van der Waals surface area contributed by atoms with Gasteiger partial charge < -0.3 is 20.3 Å². The molecule has 1 saturated heterocycles. The number of aromatic hydroxyl groups is 2. The van der Waals surface area contributed by atoms with E-state index in [-0.39, 0.29) is 35.8 Å². The van der Waals surface area contributed by atoms with E-state index in [1.807, 2.05) is 24.3 Å². The summed E-state index contributed by atoms with van der Waals surface area (Å²) in [6.45, 7) is 3.11. The molecule has 1 aliphatic rings. The standard InChI is InChI=1S/C28H27NO4S.ClH/c1-17(24-4-2-3-15-29-24)33-22-12-7-18(8-13-22)27(32)26-23-14-11-21(31)16-25(23)34-28(26)19-5-9-20(30)10-6-19;/h5-14,16-17,24,29-31H,2-4,15H2,1H3;1H. The largest absolute Gasteiger partial charge is 0.508 e. The molecular formula is C28H28ClNO4S. The number of piperidine rings is 1. The molecule has 2 heterocycles. The van der Waals surface area contributed by atoms with Crippen molar-refractivity contribution in [1.29, 1.82) is 0 Å². The first-order valence-corrected chi connectivity index (χ1v) is 12.4. The van der Waals surface area contributed by atoms with Crippen LogP contribution >= 0.6 is 23.7 Å². The lowest BCUT2D eigenvalue weighted by molar-refractivity contribution is 0.104. The van der Waals surface area contributed by atoms with Gasteiger partial charge in [0, 0.05) is 32.1 Å². The summed E-state index contributed by atoms with van der Waals surface area (Å²) in [5, 5.41) is 24.0. The summed E-state index contributed by atoms with van der Waals surface area (Å²) in [6.07, 6.45) is 3.59. The highest BCUT2D eigenvalue weighted by Crippen LogP contribution is 2.41. The molecule has 182 valence electrons. The lowest BCUT2D eigenvalue weighted by Crippen LogP contribution is -2.44. The zero-order chi connectivity index (χ0) is 23.7. The number of carbonyl (C=O) groups is 1. The molecule has 5 nitrogen and oxygen atoms in total. The number of fused-ring (bicyclic) bond motifs is 1. The zero-order valence-electron chi connectivity index (χ0n) is 19.4. The number of hydrogen-bond donors (Lipinski definition) is 3. The van der Waals surface area contributed by atoms with Gasteiger partial charge >= 0.3 is 0 Å². The normalized spacial score (nSPS) is 16.4. The average Bonchev–Trinajstić information content (AvgIpc) is 3.23. The molecule has 1 aliphatic heterocycles. The molecule has 0 aliphatic carbocycles. The number of rotatable bonds is 6. The highest BCUT2D eigenvalue weighted by molar-refractivity contribution is 7.22. The second-order valence-electron chi connectivity index (χ2n) is 8.77. The molecule has 5 rings (SSSR count). The molecule has 0 amide bonds. The number of halogens is 1. The molecule has 7 heteroatoms. The lowest BCUT2D eigenvalue weighted by atomic mass is 9.97. The van der Waals surface area contributed by atoms with Crippen molar-refractivity contribution >= 4 is 39.6 Å². The number of phenolic OH excluding ortho intramolecular Hbond substituents is 2. The van der Waals surface area contributed by atoms with Gasteiger partial charge in [-0.2, -0.15) is 0 Å². The highest BCUT2D eigenvalue weighted by atomic mass is 35.5. The molecule has 35 heavy (non-hydrogen) atoms. The van der Waals surface area contributed by atoms with Crippen LogP contribution in [0, 0.1) is 0 Å². The zero-order valence-corrected chi connectivity index (χ0v) is 21.0. The van der Waals surface area contributed by atoms with Crippen molar-refractivity contribution < 1.29 is 19.7 Å². The van der Waals surface area contributed by atoms with Gasteiger partial charge in [-0.25, -0.2) is 0 Å². The molecule has 4 aromatic rings. The highest BCUT2D eigenvalue weighted by Gasteiger charge is 2.23. The molecule has 2 atom stereocenters. The fourth-order valence-corrected chi connectivity index (χ4v) is 5.77. The number of ketones is 1. The van der Waals surface area contributed by atoms with Gasteiger partial charge in [0.2, 0.25) is 0 Å². The Hall–Kier alpha value is -3.06. The number of phenols is 2. The Balaban J connectivity index is 0.00000289. The Bertz CT molecular complexity index is 1310. The maximum absolute atomic E-state index is 13.7. The monoisotopic (exact) mass is 509 g/mol. The van der Waals surface area contributed by atoms with E-state index in [4.69, 9.17) is 4.74 Å². The number of thiophene rings is 1. The summed E-state index contributed by atoms with van der Waals surface area (Å²) >= 11 is 1.45. The van der Waals surface area contributed by atoms with Gasteiger partial charge in [-0.3, -0.25) is 4.79 Å². The van der Waals surface area contributed by atoms with E-state index < -0.39 is 0 Å². The average molecular weight is 510 g/mol. The molecule has 0 bridgehead atoms. The van der Waals surface area contributed by atoms with Gasteiger partial charge in [0.05, 0.1) is 0 Å². The van der Waals surface area contributed by atoms with Crippen LogP contribution in [-0.2, 0) is 0 Å². The topological polar surface area (TPSA) is 78.8 Å². The summed E-state index contributed by atoms with van der Waals surface area (Å²) in [6, 6.07) is 19.6. The summed E-state index contributed by atoms with van der Waals surface area (Å²) in [5.74, 6) is 0.987. The first kappa shape index (κ1) is 25.0. The predicted octanol–water partition coefficient (Wildman–Crippen LogP) is 6.54. The van der Waals surface area contributed by atoms with E-state index in [0.29, 0.717) is 17.2 Å². The SMILES string of the molecule is CC(Oc1ccc(C(=O)c2c(-c3ccc(O)cc3)sc3cc(O)ccc23)cc1)C1CCCCN1.Cl. The van der Waals surface area contributed by atoms with Gasteiger partial charge in [0.1, 0.15) is 23.4 Å². The third-order valence-electron chi connectivity index (χ3n) is 6.38. The van der Waals surface area contributed by atoms with Crippen LogP contribution in [0.15, 0.2) is 66.7 Å². The van der Waals surface area contributed by atoms with Crippen molar-refractivity contribution in [3.05, 3.63) is 77.9 Å². The van der Waals surface area contributed by atoms with E-state index >= 15 is 0 Å². The first-order valence-electron chi connectivity index (χ1n) is 11.6. The fourth-order valence-electron chi connectivity index (χ4n) is 4.53. The number of benzene rings is 3. The van der Waals surface area contributed by atoms with Crippen LogP contribution in [0.5, 0.6) is 17.2 Å². The predicted molar refractivity (Wildman–Crippen MR) is 143 cm³/mol. The summed E-state index contributed by atoms with van der Waals surface area (Å²) in [5.41, 5.74) is 2.01. The Morgan fingerprint density at radius 3 is 2.40 bits per heavy atom. The maximum Gasteiger partial charge on any atom is 0.195 e.